The number of tetrazole rings is 1. The molecule has 1 saturated carbocycles. The minimum absolute atomic E-state index is 0.0892. The van der Waals surface area contributed by atoms with Crippen molar-refractivity contribution < 1.29 is 0 Å². The SMILES string of the molecule is CC(N)c1nnnn1C1CC(C)(C)C1. The highest BCUT2D eigenvalue weighted by molar-refractivity contribution is 4.97. The molecule has 1 aromatic rings. The second-order valence-corrected chi connectivity index (χ2v) is 5.00. The highest BCUT2D eigenvalue weighted by Gasteiger charge is 2.39. The zero-order chi connectivity index (χ0) is 10.3. The zero-order valence-electron chi connectivity index (χ0n) is 8.94. The minimum atomic E-state index is -0.0892. The van der Waals surface area contributed by atoms with Crippen LogP contribution in [0.1, 0.15) is 51.5 Å². The summed E-state index contributed by atoms with van der Waals surface area (Å²) >= 11 is 0. The van der Waals surface area contributed by atoms with Gasteiger partial charge in [0, 0.05) is 0 Å². The van der Waals surface area contributed by atoms with Crippen molar-refractivity contribution >= 4 is 0 Å². The third kappa shape index (κ3) is 1.52. The van der Waals surface area contributed by atoms with Crippen LogP contribution in [0.2, 0.25) is 0 Å². The van der Waals surface area contributed by atoms with Gasteiger partial charge in [-0.3, -0.25) is 0 Å². The lowest BCUT2D eigenvalue weighted by molar-refractivity contribution is 0.0902. The number of hydrogen-bond acceptors (Lipinski definition) is 4. The summed E-state index contributed by atoms with van der Waals surface area (Å²) in [4.78, 5) is 0. The van der Waals surface area contributed by atoms with Gasteiger partial charge < -0.3 is 5.73 Å². The first-order chi connectivity index (χ1) is 6.49. The van der Waals surface area contributed by atoms with Gasteiger partial charge in [-0.15, -0.1) is 5.10 Å². The Labute approximate surface area is 83.7 Å². The largest absolute Gasteiger partial charge is 0.322 e. The van der Waals surface area contributed by atoms with E-state index in [0.29, 0.717) is 11.5 Å². The van der Waals surface area contributed by atoms with Crippen molar-refractivity contribution in [2.45, 2.75) is 45.7 Å². The Morgan fingerprint density at radius 2 is 2.14 bits per heavy atom. The minimum Gasteiger partial charge on any atom is -0.322 e. The van der Waals surface area contributed by atoms with E-state index in [4.69, 9.17) is 5.73 Å². The second kappa shape index (κ2) is 3.02. The summed E-state index contributed by atoms with van der Waals surface area (Å²) in [5.74, 6) is 0.797. The Kier molecular flexibility index (Phi) is 2.06. The number of aromatic nitrogens is 4. The van der Waals surface area contributed by atoms with E-state index >= 15 is 0 Å². The van der Waals surface area contributed by atoms with E-state index in [1.54, 1.807) is 0 Å². The molecule has 0 amide bonds. The van der Waals surface area contributed by atoms with Crippen LogP contribution in [0, 0.1) is 5.41 Å². The van der Waals surface area contributed by atoms with Gasteiger partial charge in [0.25, 0.3) is 0 Å². The van der Waals surface area contributed by atoms with Crippen LogP contribution in [0.3, 0.4) is 0 Å². The molecule has 14 heavy (non-hydrogen) atoms. The Bertz CT molecular complexity index is 320. The van der Waals surface area contributed by atoms with Crippen LogP contribution in [0.5, 0.6) is 0 Å². The first-order valence-corrected chi connectivity index (χ1v) is 5.03. The number of nitrogens with zero attached hydrogens (tertiary/aromatic N) is 4. The van der Waals surface area contributed by atoms with Crippen LogP contribution in [0.15, 0.2) is 0 Å². The van der Waals surface area contributed by atoms with E-state index in [9.17, 15) is 0 Å². The smallest absolute Gasteiger partial charge is 0.167 e. The predicted octanol–water partition coefficient (Wildman–Crippen LogP) is 1.05. The van der Waals surface area contributed by atoms with Gasteiger partial charge in [0.15, 0.2) is 5.82 Å². The van der Waals surface area contributed by atoms with Crippen molar-refractivity contribution in [2.24, 2.45) is 11.1 Å². The molecule has 1 aromatic heterocycles. The van der Waals surface area contributed by atoms with E-state index < -0.39 is 0 Å². The quantitative estimate of drug-likeness (QED) is 0.766. The molecule has 1 aliphatic rings. The summed E-state index contributed by atoms with van der Waals surface area (Å²) in [5, 5.41) is 11.6. The van der Waals surface area contributed by atoms with Gasteiger partial charge in [-0.2, -0.15) is 0 Å². The van der Waals surface area contributed by atoms with Crippen molar-refractivity contribution in [1.82, 2.24) is 20.2 Å². The maximum absolute atomic E-state index is 5.78. The molecule has 1 heterocycles. The monoisotopic (exact) mass is 195 g/mol. The average Bonchev–Trinajstić information content (AvgIpc) is 2.46. The molecule has 0 bridgehead atoms. The maximum Gasteiger partial charge on any atom is 0.167 e. The molecule has 0 radical (unpaired) electrons. The summed E-state index contributed by atoms with van der Waals surface area (Å²) in [6.45, 7) is 6.44. The molecule has 1 atom stereocenters. The Morgan fingerprint density at radius 1 is 1.50 bits per heavy atom. The first-order valence-electron chi connectivity index (χ1n) is 5.03. The average molecular weight is 195 g/mol. The maximum atomic E-state index is 5.78. The van der Waals surface area contributed by atoms with Gasteiger partial charge in [0.2, 0.25) is 0 Å². The van der Waals surface area contributed by atoms with Crippen LogP contribution in [-0.4, -0.2) is 20.2 Å². The highest BCUT2D eigenvalue weighted by Crippen LogP contribution is 2.47. The lowest BCUT2D eigenvalue weighted by Crippen LogP contribution is -2.35. The van der Waals surface area contributed by atoms with E-state index in [1.807, 2.05) is 11.6 Å². The number of nitrogens with two attached hydrogens (primary N) is 1. The topological polar surface area (TPSA) is 69.6 Å². The molecule has 2 rings (SSSR count). The first kappa shape index (κ1) is 9.58. The Hall–Kier alpha value is -0.970. The van der Waals surface area contributed by atoms with Crippen molar-refractivity contribution in [3.05, 3.63) is 5.82 Å². The molecular formula is C9H17N5. The lowest BCUT2D eigenvalue weighted by atomic mass is 9.68. The van der Waals surface area contributed by atoms with E-state index in [0.717, 1.165) is 18.7 Å². The van der Waals surface area contributed by atoms with Gasteiger partial charge in [0.1, 0.15) is 0 Å². The van der Waals surface area contributed by atoms with Gasteiger partial charge >= 0.3 is 0 Å². The molecule has 78 valence electrons. The third-order valence-electron chi connectivity index (χ3n) is 2.85. The summed E-state index contributed by atoms with van der Waals surface area (Å²) in [6.07, 6.45) is 2.27. The van der Waals surface area contributed by atoms with Crippen molar-refractivity contribution in [3.63, 3.8) is 0 Å². The molecule has 0 aromatic carbocycles. The van der Waals surface area contributed by atoms with E-state index in [-0.39, 0.29) is 6.04 Å². The summed E-state index contributed by atoms with van der Waals surface area (Å²) in [5.41, 5.74) is 6.22. The van der Waals surface area contributed by atoms with E-state index in [2.05, 4.69) is 29.4 Å². The molecule has 1 unspecified atom stereocenters. The molecule has 1 aliphatic carbocycles. The normalized spacial score (nSPS) is 23.1. The summed E-state index contributed by atoms with van der Waals surface area (Å²) in [7, 11) is 0. The fraction of sp³-hybridized carbons (Fsp3) is 0.889. The molecule has 0 aliphatic heterocycles. The van der Waals surface area contributed by atoms with Crippen molar-refractivity contribution in [2.75, 3.05) is 0 Å². The Balaban J connectivity index is 2.14. The summed E-state index contributed by atoms with van der Waals surface area (Å²) in [6, 6.07) is 0.356. The lowest BCUT2D eigenvalue weighted by Gasteiger charge is -2.42. The molecule has 5 nitrogen and oxygen atoms in total. The standard InChI is InChI=1S/C9H17N5/c1-6(10)8-11-12-13-14(8)7-4-9(2,3)5-7/h6-7H,4-5,10H2,1-3H3. The number of hydrogen-bond donors (Lipinski definition) is 1. The van der Waals surface area contributed by atoms with Crippen molar-refractivity contribution in [3.8, 4) is 0 Å². The molecule has 2 N–H and O–H groups in total. The van der Waals surface area contributed by atoms with Crippen LogP contribution in [0.4, 0.5) is 0 Å². The fourth-order valence-corrected chi connectivity index (χ4v) is 2.15. The van der Waals surface area contributed by atoms with Crippen LogP contribution < -0.4 is 5.73 Å². The van der Waals surface area contributed by atoms with Gasteiger partial charge in [0.05, 0.1) is 12.1 Å². The van der Waals surface area contributed by atoms with E-state index in [1.165, 1.54) is 0 Å². The van der Waals surface area contributed by atoms with Gasteiger partial charge in [-0.25, -0.2) is 4.68 Å². The summed E-state index contributed by atoms with van der Waals surface area (Å²) < 4.78 is 1.88. The second-order valence-electron chi connectivity index (χ2n) is 5.00. The highest BCUT2D eigenvalue weighted by atomic mass is 15.6. The predicted molar refractivity (Wildman–Crippen MR) is 52.5 cm³/mol. The van der Waals surface area contributed by atoms with Crippen molar-refractivity contribution in [1.29, 1.82) is 0 Å². The fourth-order valence-electron chi connectivity index (χ4n) is 2.15. The Morgan fingerprint density at radius 3 is 2.64 bits per heavy atom. The third-order valence-corrected chi connectivity index (χ3v) is 2.85. The molecular weight excluding hydrogens is 178 g/mol. The number of rotatable bonds is 2. The zero-order valence-corrected chi connectivity index (χ0v) is 8.94. The molecule has 0 spiro atoms. The van der Waals surface area contributed by atoms with Crippen LogP contribution >= 0.6 is 0 Å². The molecule has 0 saturated heterocycles. The van der Waals surface area contributed by atoms with Crippen LogP contribution in [0.25, 0.3) is 0 Å². The van der Waals surface area contributed by atoms with Crippen LogP contribution in [-0.2, 0) is 0 Å². The van der Waals surface area contributed by atoms with Gasteiger partial charge in [-0.05, 0) is 35.6 Å². The molecule has 1 fully saturated rings. The molecule has 5 heteroatoms. The van der Waals surface area contributed by atoms with Gasteiger partial charge in [-0.1, -0.05) is 13.8 Å².